The first-order chi connectivity index (χ1) is 20.5. The fraction of sp³-hybridized carbons (Fsp3) is 0.429. The van der Waals surface area contributed by atoms with Crippen LogP contribution in [0.25, 0.3) is 0 Å². The highest BCUT2D eigenvalue weighted by molar-refractivity contribution is 7.92. The maximum absolute atomic E-state index is 14.0. The first-order valence-electron chi connectivity index (χ1n) is 15.2. The van der Waals surface area contributed by atoms with E-state index in [9.17, 15) is 18.0 Å². The third-order valence-corrected chi connectivity index (χ3v) is 9.29. The molecular formula is C35H45N3O4S. The van der Waals surface area contributed by atoms with Gasteiger partial charge < -0.3 is 10.2 Å². The summed E-state index contributed by atoms with van der Waals surface area (Å²) in [5.41, 5.74) is 5.59. The van der Waals surface area contributed by atoms with Gasteiger partial charge in [0.1, 0.15) is 6.04 Å². The van der Waals surface area contributed by atoms with Crippen molar-refractivity contribution < 1.29 is 18.0 Å². The van der Waals surface area contributed by atoms with Crippen LogP contribution in [-0.4, -0.2) is 50.0 Å². The van der Waals surface area contributed by atoms with Crippen LogP contribution in [0.4, 0.5) is 5.69 Å². The second-order valence-corrected chi connectivity index (χ2v) is 13.9. The lowest BCUT2D eigenvalue weighted by atomic mass is 10.0. The maximum Gasteiger partial charge on any atom is 0.243 e. The Morgan fingerprint density at radius 3 is 2.09 bits per heavy atom. The van der Waals surface area contributed by atoms with Crippen LogP contribution in [0.5, 0.6) is 0 Å². The monoisotopic (exact) mass is 603 g/mol. The average Bonchev–Trinajstić information content (AvgIpc) is 3.46. The first kappa shape index (κ1) is 32.3. The van der Waals surface area contributed by atoms with Gasteiger partial charge >= 0.3 is 0 Å². The number of hydrogen-bond donors (Lipinski definition) is 1. The molecule has 0 heterocycles. The number of carbonyl (C=O) groups is 2. The summed E-state index contributed by atoms with van der Waals surface area (Å²) in [6, 6.07) is 22.9. The number of sulfonamides is 1. The number of carbonyl (C=O) groups excluding carboxylic acids is 2. The normalized spacial score (nSPS) is 14.3. The number of nitrogens with zero attached hydrogens (tertiary/aromatic N) is 2. The number of nitrogens with one attached hydrogen (secondary N) is 1. The van der Waals surface area contributed by atoms with Crippen LogP contribution in [0.1, 0.15) is 66.3 Å². The summed E-state index contributed by atoms with van der Waals surface area (Å²) in [7, 11) is -3.56. The third-order valence-electron chi connectivity index (χ3n) is 8.09. The predicted molar refractivity (Wildman–Crippen MR) is 173 cm³/mol. The van der Waals surface area contributed by atoms with Gasteiger partial charge in [0.25, 0.3) is 0 Å². The molecule has 8 heteroatoms. The fourth-order valence-corrected chi connectivity index (χ4v) is 6.86. The quantitative estimate of drug-likeness (QED) is 0.265. The minimum Gasteiger partial charge on any atom is -0.352 e. The Morgan fingerprint density at radius 2 is 1.49 bits per heavy atom. The summed E-state index contributed by atoms with van der Waals surface area (Å²) < 4.78 is 26.9. The number of anilines is 1. The molecule has 0 bridgehead atoms. The van der Waals surface area contributed by atoms with Crippen LogP contribution in [0, 0.1) is 20.8 Å². The van der Waals surface area contributed by atoms with E-state index in [1.165, 1.54) is 10.6 Å². The highest BCUT2D eigenvalue weighted by Gasteiger charge is 2.32. The zero-order valence-electron chi connectivity index (χ0n) is 25.9. The number of amides is 2. The van der Waals surface area contributed by atoms with Crippen molar-refractivity contribution in [3.63, 3.8) is 0 Å². The van der Waals surface area contributed by atoms with Crippen LogP contribution in [0.3, 0.4) is 0 Å². The minimum atomic E-state index is -3.56. The Labute approximate surface area is 257 Å². The van der Waals surface area contributed by atoms with Crippen molar-refractivity contribution in [2.24, 2.45) is 0 Å². The van der Waals surface area contributed by atoms with E-state index in [0.717, 1.165) is 53.5 Å². The van der Waals surface area contributed by atoms with Gasteiger partial charge in [-0.2, -0.15) is 0 Å². The largest absolute Gasteiger partial charge is 0.352 e. The molecule has 0 saturated heterocycles. The lowest BCUT2D eigenvalue weighted by Crippen LogP contribution is -2.52. The molecule has 0 spiro atoms. The summed E-state index contributed by atoms with van der Waals surface area (Å²) >= 11 is 0. The maximum atomic E-state index is 14.0. The molecule has 1 N–H and O–H groups in total. The van der Waals surface area contributed by atoms with Crippen molar-refractivity contribution in [2.75, 3.05) is 17.1 Å². The van der Waals surface area contributed by atoms with Crippen molar-refractivity contribution >= 4 is 27.5 Å². The molecule has 1 aliphatic carbocycles. The van der Waals surface area contributed by atoms with Crippen molar-refractivity contribution in [3.05, 3.63) is 101 Å². The first-order valence-corrected chi connectivity index (χ1v) is 17.1. The molecule has 3 aromatic rings. The van der Waals surface area contributed by atoms with E-state index in [0.29, 0.717) is 25.1 Å². The second-order valence-electron chi connectivity index (χ2n) is 12.0. The van der Waals surface area contributed by atoms with E-state index in [1.54, 1.807) is 4.90 Å². The molecule has 0 aromatic heterocycles. The lowest BCUT2D eigenvalue weighted by Gasteiger charge is -2.33. The molecule has 7 nitrogen and oxygen atoms in total. The van der Waals surface area contributed by atoms with Crippen LogP contribution < -0.4 is 9.62 Å². The van der Waals surface area contributed by atoms with Gasteiger partial charge in [0.2, 0.25) is 21.8 Å². The Morgan fingerprint density at radius 1 is 0.860 bits per heavy atom. The summed E-state index contributed by atoms with van der Waals surface area (Å²) in [5.74, 6) is -0.304. The van der Waals surface area contributed by atoms with Gasteiger partial charge in [-0.3, -0.25) is 13.9 Å². The SMILES string of the molecule is Cc1ccc(CN(C(=O)CCCN(c2cc(C)cc(C)c2)S(C)(=O)=O)[C@@H](Cc2ccccc2)C(=O)NC2CCCC2)cc1. The third kappa shape index (κ3) is 9.42. The molecule has 43 heavy (non-hydrogen) atoms. The van der Waals surface area contributed by atoms with E-state index in [-0.39, 0.29) is 30.8 Å². The summed E-state index contributed by atoms with van der Waals surface area (Å²) in [5, 5.41) is 3.24. The number of hydrogen-bond acceptors (Lipinski definition) is 4. The number of aryl methyl sites for hydroxylation is 3. The smallest absolute Gasteiger partial charge is 0.243 e. The summed E-state index contributed by atoms with van der Waals surface area (Å²) in [6.45, 7) is 6.36. The topological polar surface area (TPSA) is 86.8 Å². The standard InChI is InChI=1S/C35H45N3O4S/c1-26-16-18-30(19-17-26)25-37(33(24-29-11-6-5-7-12-29)35(40)36-31-13-8-9-14-31)34(39)15-10-20-38(43(4,41)42)32-22-27(2)21-28(3)23-32/h5-7,11-12,16-19,21-23,31,33H,8-10,13-15,20,24-25H2,1-4H3,(H,36,40)/t33-/m0/s1. The Bertz CT molecular complexity index is 1460. The van der Waals surface area contributed by atoms with Crippen LogP contribution in [0.15, 0.2) is 72.8 Å². The molecule has 3 aromatic carbocycles. The van der Waals surface area contributed by atoms with E-state index >= 15 is 0 Å². The lowest BCUT2D eigenvalue weighted by molar-refractivity contribution is -0.141. The van der Waals surface area contributed by atoms with E-state index in [4.69, 9.17) is 0 Å². The van der Waals surface area contributed by atoms with Gasteiger partial charge in [-0.05, 0) is 74.4 Å². The molecule has 4 rings (SSSR count). The van der Waals surface area contributed by atoms with Gasteiger partial charge in [0.15, 0.2) is 0 Å². The van der Waals surface area contributed by atoms with Gasteiger partial charge in [-0.25, -0.2) is 8.42 Å². The average molecular weight is 604 g/mol. The van der Waals surface area contributed by atoms with E-state index < -0.39 is 16.1 Å². The highest BCUT2D eigenvalue weighted by Crippen LogP contribution is 2.24. The van der Waals surface area contributed by atoms with Gasteiger partial charge in [0, 0.05) is 32.0 Å². The molecule has 1 fully saturated rings. The van der Waals surface area contributed by atoms with Crippen molar-refractivity contribution in [2.45, 2.75) is 84.3 Å². The highest BCUT2D eigenvalue weighted by atomic mass is 32.2. The van der Waals surface area contributed by atoms with Crippen molar-refractivity contribution in [3.8, 4) is 0 Å². The molecule has 0 radical (unpaired) electrons. The molecule has 1 saturated carbocycles. The molecular weight excluding hydrogens is 558 g/mol. The summed E-state index contributed by atoms with van der Waals surface area (Å²) in [4.78, 5) is 29.6. The number of rotatable bonds is 13. The Hall–Kier alpha value is -3.65. The zero-order valence-corrected chi connectivity index (χ0v) is 26.7. The van der Waals surface area contributed by atoms with Gasteiger partial charge in [-0.1, -0.05) is 79.1 Å². The fourth-order valence-electron chi connectivity index (χ4n) is 5.91. The predicted octanol–water partition coefficient (Wildman–Crippen LogP) is 5.86. The minimum absolute atomic E-state index is 0.116. The van der Waals surface area contributed by atoms with E-state index in [2.05, 4.69) is 5.32 Å². The molecule has 0 aliphatic heterocycles. The molecule has 1 atom stereocenters. The molecule has 0 unspecified atom stereocenters. The van der Waals surface area contributed by atoms with Gasteiger partial charge in [-0.15, -0.1) is 0 Å². The molecule has 2 amide bonds. The Balaban J connectivity index is 1.59. The zero-order chi connectivity index (χ0) is 31.0. The van der Waals surface area contributed by atoms with Crippen molar-refractivity contribution in [1.82, 2.24) is 10.2 Å². The number of benzene rings is 3. The van der Waals surface area contributed by atoms with Crippen LogP contribution in [-0.2, 0) is 32.6 Å². The molecule has 230 valence electrons. The van der Waals surface area contributed by atoms with Crippen molar-refractivity contribution in [1.29, 1.82) is 0 Å². The van der Waals surface area contributed by atoms with E-state index in [1.807, 2.05) is 93.6 Å². The molecule has 1 aliphatic rings. The van der Waals surface area contributed by atoms with Gasteiger partial charge in [0.05, 0.1) is 11.9 Å². The second kappa shape index (κ2) is 14.7. The van der Waals surface area contributed by atoms with Crippen LogP contribution >= 0.6 is 0 Å². The summed E-state index contributed by atoms with van der Waals surface area (Å²) in [6.07, 6.45) is 6.13. The van der Waals surface area contributed by atoms with Crippen LogP contribution in [0.2, 0.25) is 0 Å². The Kier molecular flexibility index (Phi) is 11.0.